The second kappa shape index (κ2) is 8.17. The van der Waals surface area contributed by atoms with Crippen LogP contribution in [-0.2, 0) is 23.2 Å². The molecule has 0 bridgehead atoms. The molecule has 12 heteroatoms. The Balaban J connectivity index is 1.67. The number of pyridine rings is 1. The number of rotatable bonds is 5. The lowest BCUT2D eigenvalue weighted by molar-refractivity contribution is -0.141. The van der Waals surface area contributed by atoms with Crippen LogP contribution >= 0.6 is 0 Å². The predicted molar refractivity (Wildman–Crippen MR) is 108 cm³/mol. The maximum absolute atomic E-state index is 13.9. The van der Waals surface area contributed by atoms with Gasteiger partial charge in [0.2, 0.25) is 0 Å². The van der Waals surface area contributed by atoms with Crippen molar-refractivity contribution in [1.29, 1.82) is 0 Å². The summed E-state index contributed by atoms with van der Waals surface area (Å²) < 4.78 is 81.8. The van der Waals surface area contributed by atoms with Gasteiger partial charge in [0, 0.05) is 38.3 Å². The third kappa shape index (κ3) is 4.46. The Bertz CT molecular complexity index is 1230. The zero-order chi connectivity index (χ0) is 23.1. The number of nitrogens with zero attached hydrogens (tertiary/aromatic N) is 4. The van der Waals surface area contributed by atoms with Crippen LogP contribution in [0.4, 0.5) is 23.4 Å². The van der Waals surface area contributed by atoms with Crippen molar-refractivity contribution < 1.29 is 26.0 Å². The van der Waals surface area contributed by atoms with E-state index < -0.39 is 39.7 Å². The van der Waals surface area contributed by atoms with E-state index >= 15 is 0 Å². The quantitative estimate of drug-likeness (QED) is 0.581. The highest BCUT2D eigenvalue weighted by Crippen LogP contribution is 2.34. The van der Waals surface area contributed by atoms with Gasteiger partial charge in [-0.25, -0.2) is 22.8 Å². The van der Waals surface area contributed by atoms with Gasteiger partial charge in [-0.1, -0.05) is 18.2 Å². The summed E-state index contributed by atoms with van der Waals surface area (Å²) in [5.74, 6) is -1.08. The molecule has 3 heterocycles. The summed E-state index contributed by atoms with van der Waals surface area (Å²) in [4.78, 5) is 7.52. The molecule has 0 radical (unpaired) electrons. The van der Waals surface area contributed by atoms with Crippen LogP contribution in [0.1, 0.15) is 17.2 Å². The van der Waals surface area contributed by atoms with Gasteiger partial charge in [-0.05, 0) is 29.8 Å². The highest BCUT2D eigenvalue weighted by molar-refractivity contribution is 7.89. The number of aromatic nitrogens is 3. The Hall–Kier alpha value is -2.99. The molecule has 2 aromatic heterocycles. The topological polar surface area (TPSA) is 80.1 Å². The first-order chi connectivity index (χ1) is 15.0. The van der Waals surface area contributed by atoms with Crippen LogP contribution in [0.15, 0.2) is 60.0 Å². The standard InChI is InChI=1S/C20H19F4N5O2S/c1-28-11-19(25-12-28)32(30,31)29-9-15(13-4-2-5-14(21)8-13)16(10-29)26-18-7-3-6-17(27-18)20(22,23)24/h2-8,11-12,15-16H,9-10H2,1H3,(H,26,27). The molecule has 1 fully saturated rings. The van der Waals surface area contributed by atoms with Crippen LogP contribution in [0.2, 0.25) is 0 Å². The molecule has 1 aliphatic rings. The lowest BCUT2D eigenvalue weighted by Gasteiger charge is -2.21. The second-order valence-electron chi connectivity index (χ2n) is 7.52. The number of anilines is 1. The maximum atomic E-state index is 13.9. The van der Waals surface area contributed by atoms with Crippen molar-refractivity contribution in [2.75, 3.05) is 18.4 Å². The third-order valence-corrected chi connectivity index (χ3v) is 6.94. The van der Waals surface area contributed by atoms with Crippen molar-refractivity contribution in [1.82, 2.24) is 18.8 Å². The first-order valence-electron chi connectivity index (χ1n) is 9.58. The van der Waals surface area contributed by atoms with Gasteiger partial charge in [0.25, 0.3) is 10.0 Å². The van der Waals surface area contributed by atoms with Gasteiger partial charge < -0.3 is 9.88 Å². The van der Waals surface area contributed by atoms with Crippen molar-refractivity contribution in [3.05, 3.63) is 72.1 Å². The first kappa shape index (κ1) is 22.2. The molecule has 4 rings (SSSR count). The molecule has 0 amide bonds. The van der Waals surface area contributed by atoms with Crippen molar-refractivity contribution in [2.45, 2.75) is 23.2 Å². The van der Waals surface area contributed by atoms with E-state index in [1.165, 1.54) is 51.7 Å². The molecule has 1 aromatic carbocycles. The molecule has 1 saturated heterocycles. The van der Waals surface area contributed by atoms with E-state index in [1.54, 1.807) is 13.1 Å². The van der Waals surface area contributed by atoms with E-state index in [4.69, 9.17) is 0 Å². The molecule has 0 saturated carbocycles. The Kier molecular flexibility index (Phi) is 5.67. The molecule has 0 spiro atoms. The fraction of sp³-hybridized carbons (Fsp3) is 0.300. The zero-order valence-corrected chi connectivity index (χ0v) is 17.6. The van der Waals surface area contributed by atoms with Gasteiger partial charge >= 0.3 is 6.18 Å². The molecule has 0 aliphatic carbocycles. The number of hydrogen-bond acceptors (Lipinski definition) is 5. The van der Waals surface area contributed by atoms with Crippen LogP contribution in [0.3, 0.4) is 0 Å². The van der Waals surface area contributed by atoms with Gasteiger partial charge in [-0.15, -0.1) is 0 Å². The summed E-state index contributed by atoms with van der Waals surface area (Å²) in [5, 5.41) is 2.77. The number of benzene rings is 1. The second-order valence-corrected chi connectivity index (χ2v) is 9.40. The molecule has 2 unspecified atom stereocenters. The van der Waals surface area contributed by atoms with Crippen LogP contribution in [0.5, 0.6) is 0 Å². The van der Waals surface area contributed by atoms with Crippen molar-refractivity contribution in [3.8, 4) is 0 Å². The van der Waals surface area contributed by atoms with Gasteiger partial charge in [0.15, 0.2) is 5.03 Å². The van der Waals surface area contributed by atoms with Crippen molar-refractivity contribution >= 4 is 15.8 Å². The third-order valence-electron chi connectivity index (χ3n) is 5.22. The molecule has 1 N–H and O–H groups in total. The molecular weight excluding hydrogens is 450 g/mol. The van der Waals surface area contributed by atoms with Crippen LogP contribution in [-0.4, -0.2) is 46.4 Å². The molecule has 1 aliphatic heterocycles. The fourth-order valence-corrected chi connectivity index (χ4v) is 5.16. The Morgan fingerprint density at radius 2 is 1.88 bits per heavy atom. The largest absolute Gasteiger partial charge is 0.433 e. The normalized spacial score (nSPS) is 19.9. The summed E-state index contributed by atoms with van der Waals surface area (Å²) in [5.41, 5.74) is -0.547. The Labute approximate surface area is 181 Å². The SMILES string of the molecule is Cn1cnc(S(=O)(=O)N2CC(Nc3cccc(C(F)(F)F)n3)C(c3cccc(F)c3)C2)c1. The lowest BCUT2D eigenvalue weighted by Crippen LogP contribution is -2.32. The number of alkyl halides is 3. The minimum atomic E-state index is -4.62. The lowest BCUT2D eigenvalue weighted by atomic mass is 9.94. The van der Waals surface area contributed by atoms with E-state index in [1.807, 2.05) is 0 Å². The van der Waals surface area contributed by atoms with Gasteiger partial charge in [0.1, 0.15) is 17.3 Å². The number of halogens is 4. The average Bonchev–Trinajstić information content (AvgIpc) is 3.35. The summed E-state index contributed by atoms with van der Waals surface area (Å²) in [7, 11) is -2.32. The van der Waals surface area contributed by atoms with Gasteiger partial charge in [0.05, 0.1) is 6.33 Å². The minimum Gasteiger partial charge on any atom is -0.365 e. The van der Waals surface area contributed by atoms with E-state index in [0.29, 0.717) is 5.56 Å². The summed E-state index contributed by atoms with van der Waals surface area (Å²) in [6.07, 6.45) is -1.90. The molecule has 32 heavy (non-hydrogen) atoms. The number of nitrogens with one attached hydrogen (secondary N) is 1. The van der Waals surface area contributed by atoms with Gasteiger partial charge in [-0.3, -0.25) is 0 Å². The Morgan fingerprint density at radius 3 is 2.53 bits per heavy atom. The van der Waals surface area contributed by atoms with Gasteiger partial charge in [-0.2, -0.15) is 17.5 Å². The number of sulfonamides is 1. The minimum absolute atomic E-state index is 0.00100. The maximum Gasteiger partial charge on any atom is 0.433 e. The van der Waals surface area contributed by atoms with E-state index in [-0.39, 0.29) is 23.9 Å². The first-order valence-corrected chi connectivity index (χ1v) is 11.0. The average molecular weight is 469 g/mol. The summed E-state index contributed by atoms with van der Waals surface area (Å²) in [6, 6.07) is 8.49. The monoisotopic (exact) mass is 469 g/mol. The summed E-state index contributed by atoms with van der Waals surface area (Å²) in [6.45, 7) is -0.0585. The Morgan fingerprint density at radius 1 is 1.12 bits per heavy atom. The van der Waals surface area contributed by atoms with Crippen molar-refractivity contribution in [2.24, 2.45) is 7.05 Å². The molecule has 170 valence electrons. The van der Waals surface area contributed by atoms with Crippen LogP contribution < -0.4 is 5.32 Å². The molecule has 3 aromatic rings. The van der Waals surface area contributed by atoms with Crippen molar-refractivity contribution in [3.63, 3.8) is 0 Å². The van der Waals surface area contributed by atoms with Crippen LogP contribution in [0.25, 0.3) is 0 Å². The zero-order valence-electron chi connectivity index (χ0n) is 16.8. The number of hydrogen-bond donors (Lipinski definition) is 1. The fourth-order valence-electron chi connectivity index (χ4n) is 3.70. The van der Waals surface area contributed by atoms with Crippen LogP contribution in [0, 0.1) is 5.82 Å². The van der Waals surface area contributed by atoms with E-state index in [2.05, 4.69) is 15.3 Å². The molecule has 7 nitrogen and oxygen atoms in total. The van der Waals surface area contributed by atoms with E-state index in [9.17, 15) is 26.0 Å². The summed E-state index contributed by atoms with van der Waals surface area (Å²) >= 11 is 0. The predicted octanol–water partition coefficient (Wildman–Crippen LogP) is 3.24. The van der Waals surface area contributed by atoms with E-state index in [0.717, 1.165) is 6.07 Å². The smallest absolute Gasteiger partial charge is 0.365 e. The highest BCUT2D eigenvalue weighted by atomic mass is 32.2. The molecular formula is C20H19F4N5O2S. The number of imidazole rings is 1. The highest BCUT2D eigenvalue weighted by Gasteiger charge is 2.41. The number of aryl methyl sites for hydroxylation is 1. The molecule has 2 atom stereocenters.